The molecule has 22 heavy (non-hydrogen) atoms. The number of hydrogen-bond acceptors (Lipinski definition) is 3. The van der Waals surface area contributed by atoms with Crippen LogP contribution in [0, 0.1) is 5.92 Å². The van der Waals surface area contributed by atoms with Crippen molar-refractivity contribution in [3.63, 3.8) is 0 Å². The van der Waals surface area contributed by atoms with Crippen molar-refractivity contribution in [3.05, 3.63) is 29.8 Å². The maximum Gasteiger partial charge on any atom is 0.248 e. The van der Waals surface area contributed by atoms with Gasteiger partial charge in [0.1, 0.15) is 0 Å². The first kappa shape index (κ1) is 16.0. The van der Waals surface area contributed by atoms with E-state index >= 15 is 0 Å². The number of nitrogens with one attached hydrogen (secondary N) is 1. The molecule has 0 radical (unpaired) electrons. The van der Waals surface area contributed by atoms with Crippen LogP contribution < -0.4 is 11.1 Å². The fraction of sp³-hybridized carbons (Fsp3) is 0.438. The molecule has 0 spiro atoms. The molecule has 1 aliphatic heterocycles. The van der Waals surface area contributed by atoms with Crippen LogP contribution in [-0.2, 0) is 9.59 Å². The van der Waals surface area contributed by atoms with Crippen LogP contribution in [0.15, 0.2) is 24.3 Å². The van der Waals surface area contributed by atoms with E-state index in [9.17, 15) is 14.4 Å². The van der Waals surface area contributed by atoms with Crippen molar-refractivity contribution in [2.24, 2.45) is 11.7 Å². The number of carbonyl (C=O) groups is 3. The molecule has 0 aromatic heterocycles. The number of rotatable bonds is 3. The van der Waals surface area contributed by atoms with Crippen molar-refractivity contribution in [1.82, 2.24) is 4.90 Å². The Balaban J connectivity index is 2.01. The van der Waals surface area contributed by atoms with Crippen molar-refractivity contribution in [2.75, 3.05) is 11.9 Å². The fourth-order valence-electron chi connectivity index (χ4n) is 2.49. The molecule has 118 valence electrons. The number of primary amides is 1. The van der Waals surface area contributed by atoms with Crippen molar-refractivity contribution >= 4 is 23.4 Å². The first-order valence-electron chi connectivity index (χ1n) is 7.19. The van der Waals surface area contributed by atoms with Crippen LogP contribution >= 0.6 is 0 Å². The van der Waals surface area contributed by atoms with Gasteiger partial charge in [-0.1, -0.05) is 0 Å². The van der Waals surface area contributed by atoms with Crippen LogP contribution in [-0.4, -0.2) is 34.7 Å². The number of anilines is 1. The third kappa shape index (κ3) is 3.44. The smallest absolute Gasteiger partial charge is 0.248 e. The van der Waals surface area contributed by atoms with Gasteiger partial charge in [0.05, 0.1) is 5.92 Å². The molecule has 1 aromatic rings. The predicted molar refractivity (Wildman–Crippen MR) is 83.2 cm³/mol. The number of benzene rings is 1. The lowest BCUT2D eigenvalue weighted by molar-refractivity contribution is -0.131. The van der Waals surface area contributed by atoms with Gasteiger partial charge in [0.25, 0.3) is 0 Å². The standard InChI is InChI=1S/C16H21N3O3/c1-16(2,3)19-9-11(8-13(19)20)15(22)18-12-6-4-10(5-7-12)14(17)21/h4-7,11H,8-9H2,1-3H3,(H2,17,21)(H,18,22). The largest absolute Gasteiger partial charge is 0.366 e. The zero-order valence-electron chi connectivity index (χ0n) is 13.1. The van der Waals surface area contributed by atoms with Crippen molar-refractivity contribution < 1.29 is 14.4 Å². The van der Waals surface area contributed by atoms with E-state index in [1.54, 1.807) is 29.2 Å². The number of nitrogens with zero attached hydrogens (tertiary/aromatic N) is 1. The minimum absolute atomic E-state index is 0.00303. The van der Waals surface area contributed by atoms with E-state index < -0.39 is 5.91 Å². The summed E-state index contributed by atoms with van der Waals surface area (Å²) >= 11 is 0. The van der Waals surface area contributed by atoms with Crippen LogP contribution in [0.2, 0.25) is 0 Å². The van der Waals surface area contributed by atoms with Crippen LogP contribution in [0.25, 0.3) is 0 Å². The van der Waals surface area contributed by atoms with Gasteiger partial charge in [0.2, 0.25) is 17.7 Å². The normalized spacial score (nSPS) is 18.4. The Morgan fingerprint density at radius 1 is 1.23 bits per heavy atom. The second kappa shape index (κ2) is 5.79. The lowest BCUT2D eigenvalue weighted by Gasteiger charge is -2.31. The van der Waals surface area contributed by atoms with E-state index in [2.05, 4.69) is 5.32 Å². The second-order valence-electron chi connectivity index (χ2n) is 6.51. The first-order chi connectivity index (χ1) is 10.2. The summed E-state index contributed by atoms with van der Waals surface area (Å²) in [4.78, 5) is 37.0. The van der Waals surface area contributed by atoms with Gasteiger partial charge in [-0.05, 0) is 45.0 Å². The third-order valence-electron chi connectivity index (χ3n) is 3.74. The number of carbonyl (C=O) groups excluding carboxylic acids is 3. The molecule has 0 bridgehead atoms. The van der Waals surface area contributed by atoms with Crippen molar-refractivity contribution in [2.45, 2.75) is 32.7 Å². The number of likely N-dealkylation sites (tertiary alicyclic amines) is 1. The quantitative estimate of drug-likeness (QED) is 0.883. The molecule has 1 atom stereocenters. The zero-order valence-corrected chi connectivity index (χ0v) is 13.1. The van der Waals surface area contributed by atoms with Crippen molar-refractivity contribution in [3.8, 4) is 0 Å². The summed E-state index contributed by atoms with van der Waals surface area (Å²) in [6.45, 7) is 6.28. The zero-order chi connectivity index (χ0) is 16.5. The fourth-order valence-corrected chi connectivity index (χ4v) is 2.49. The SMILES string of the molecule is CC(C)(C)N1CC(C(=O)Nc2ccc(C(N)=O)cc2)CC1=O. The van der Waals surface area contributed by atoms with Gasteiger partial charge in [-0.25, -0.2) is 0 Å². The molecule has 6 nitrogen and oxygen atoms in total. The average Bonchev–Trinajstić information content (AvgIpc) is 2.81. The summed E-state index contributed by atoms with van der Waals surface area (Å²) in [6.07, 6.45) is 0.225. The summed E-state index contributed by atoms with van der Waals surface area (Å²) in [7, 11) is 0. The molecule has 6 heteroatoms. The van der Waals surface area contributed by atoms with Gasteiger partial charge in [-0.15, -0.1) is 0 Å². The van der Waals surface area contributed by atoms with Crippen LogP contribution in [0.4, 0.5) is 5.69 Å². The molecule has 0 saturated carbocycles. The topological polar surface area (TPSA) is 92.5 Å². The van der Waals surface area contributed by atoms with Crippen LogP contribution in [0.1, 0.15) is 37.6 Å². The Hall–Kier alpha value is -2.37. The molecule has 1 fully saturated rings. The molecule has 3 N–H and O–H groups in total. The number of amides is 3. The van der Waals surface area contributed by atoms with Gasteiger partial charge < -0.3 is 16.0 Å². The highest BCUT2D eigenvalue weighted by atomic mass is 16.2. The molecule has 1 saturated heterocycles. The molecule has 1 unspecified atom stereocenters. The van der Waals surface area contributed by atoms with Gasteiger partial charge in [-0.2, -0.15) is 0 Å². The summed E-state index contributed by atoms with van der Waals surface area (Å²) < 4.78 is 0. The second-order valence-corrected chi connectivity index (χ2v) is 6.51. The Labute approximate surface area is 129 Å². The molecular formula is C16H21N3O3. The molecular weight excluding hydrogens is 282 g/mol. The molecule has 1 heterocycles. The molecule has 1 aromatic carbocycles. The first-order valence-corrected chi connectivity index (χ1v) is 7.19. The lowest BCUT2D eigenvalue weighted by Crippen LogP contribution is -2.42. The monoisotopic (exact) mass is 303 g/mol. The Morgan fingerprint density at radius 3 is 2.27 bits per heavy atom. The summed E-state index contributed by atoms with van der Waals surface area (Å²) in [5, 5.41) is 2.77. The maximum atomic E-state index is 12.3. The van der Waals surface area contributed by atoms with Gasteiger partial charge in [-0.3, -0.25) is 14.4 Å². The van der Waals surface area contributed by atoms with Gasteiger partial charge in [0.15, 0.2) is 0 Å². The number of nitrogens with two attached hydrogens (primary N) is 1. The van der Waals surface area contributed by atoms with E-state index in [0.717, 1.165) is 0 Å². The maximum absolute atomic E-state index is 12.3. The highest BCUT2D eigenvalue weighted by molar-refractivity contribution is 5.98. The Morgan fingerprint density at radius 2 is 1.82 bits per heavy atom. The predicted octanol–water partition coefficient (Wildman–Crippen LogP) is 1.37. The highest BCUT2D eigenvalue weighted by Gasteiger charge is 2.39. The number of hydrogen-bond donors (Lipinski definition) is 2. The third-order valence-corrected chi connectivity index (χ3v) is 3.74. The molecule has 3 amide bonds. The Kier molecular flexibility index (Phi) is 4.21. The van der Waals surface area contributed by atoms with E-state index in [4.69, 9.17) is 5.73 Å². The summed E-state index contributed by atoms with van der Waals surface area (Å²) in [5.74, 6) is -1.06. The lowest BCUT2D eigenvalue weighted by atomic mass is 10.1. The molecule has 2 rings (SSSR count). The van der Waals surface area contributed by atoms with E-state index in [1.165, 1.54) is 0 Å². The van der Waals surface area contributed by atoms with E-state index in [-0.39, 0.29) is 29.7 Å². The summed E-state index contributed by atoms with van der Waals surface area (Å²) in [5.41, 5.74) is 5.85. The van der Waals surface area contributed by atoms with Crippen LogP contribution in [0.5, 0.6) is 0 Å². The molecule has 0 aliphatic carbocycles. The summed E-state index contributed by atoms with van der Waals surface area (Å²) in [6, 6.07) is 6.35. The van der Waals surface area contributed by atoms with Crippen LogP contribution in [0.3, 0.4) is 0 Å². The van der Waals surface area contributed by atoms with Crippen molar-refractivity contribution in [1.29, 1.82) is 0 Å². The van der Waals surface area contributed by atoms with E-state index in [1.807, 2.05) is 20.8 Å². The highest BCUT2D eigenvalue weighted by Crippen LogP contribution is 2.26. The van der Waals surface area contributed by atoms with E-state index in [0.29, 0.717) is 17.8 Å². The molecule has 1 aliphatic rings. The van der Waals surface area contributed by atoms with Gasteiger partial charge >= 0.3 is 0 Å². The average molecular weight is 303 g/mol. The minimum atomic E-state index is -0.514. The Bertz CT molecular complexity index is 602. The minimum Gasteiger partial charge on any atom is -0.366 e. The van der Waals surface area contributed by atoms with Gasteiger partial charge in [0, 0.05) is 29.8 Å².